The zero-order valence-electron chi connectivity index (χ0n) is 14.8. The molecule has 7 heteroatoms. The maximum Gasteiger partial charge on any atom is 0.268 e. The van der Waals surface area contributed by atoms with Crippen LogP contribution in [0.5, 0.6) is 0 Å². The van der Waals surface area contributed by atoms with E-state index in [4.69, 9.17) is 4.74 Å². The number of benzene rings is 1. The first kappa shape index (κ1) is 17.2. The van der Waals surface area contributed by atoms with E-state index in [1.165, 1.54) is 0 Å². The predicted molar refractivity (Wildman–Crippen MR) is 103 cm³/mol. The Balaban J connectivity index is 1.52. The minimum Gasteiger partial charge on any atom is -0.378 e. The normalized spacial score (nSPS) is 14.3. The van der Waals surface area contributed by atoms with Gasteiger partial charge in [-0.2, -0.15) is 0 Å². The van der Waals surface area contributed by atoms with Crippen LogP contribution in [0.15, 0.2) is 53.5 Å². The summed E-state index contributed by atoms with van der Waals surface area (Å²) in [5.74, 6) is 0.530. The van der Waals surface area contributed by atoms with Crippen molar-refractivity contribution >= 4 is 22.5 Å². The number of hydrogen-bond donors (Lipinski definition) is 2. The van der Waals surface area contributed by atoms with E-state index in [9.17, 15) is 9.59 Å². The molecule has 0 saturated carbocycles. The van der Waals surface area contributed by atoms with E-state index >= 15 is 0 Å². The molecule has 1 amide bonds. The molecular weight excluding hydrogens is 344 g/mol. The summed E-state index contributed by atoms with van der Waals surface area (Å²) in [6, 6.07) is 12.7. The highest BCUT2D eigenvalue weighted by Gasteiger charge is 2.17. The van der Waals surface area contributed by atoms with Gasteiger partial charge in [0, 0.05) is 36.8 Å². The Labute approximate surface area is 156 Å². The summed E-state index contributed by atoms with van der Waals surface area (Å²) < 4.78 is 5.39. The second kappa shape index (κ2) is 7.59. The van der Waals surface area contributed by atoms with Gasteiger partial charge in [0.25, 0.3) is 11.5 Å². The van der Waals surface area contributed by atoms with Crippen molar-refractivity contribution in [2.75, 3.05) is 31.2 Å². The van der Waals surface area contributed by atoms with Crippen molar-refractivity contribution in [1.29, 1.82) is 0 Å². The van der Waals surface area contributed by atoms with Crippen LogP contribution in [0.4, 0.5) is 5.82 Å². The lowest BCUT2D eigenvalue weighted by Gasteiger charge is -2.29. The predicted octanol–water partition coefficient (Wildman–Crippen LogP) is 1.69. The third-order valence-electron chi connectivity index (χ3n) is 4.62. The van der Waals surface area contributed by atoms with E-state index in [2.05, 4.69) is 20.2 Å². The number of anilines is 1. The highest BCUT2D eigenvalue weighted by molar-refractivity contribution is 5.96. The fraction of sp³-hybridized carbons (Fsp3) is 0.250. The van der Waals surface area contributed by atoms with Gasteiger partial charge in [0.2, 0.25) is 0 Å². The van der Waals surface area contributed by atoms with Gasteiger partial charge >= 0.3 is 0 Å². The van der Waals surface area contributed by atoms with E-state index in [1.807, 2.05) is 24.3 Å². The topological polar surface area (TPSA) is 87.3 Å². The van der Waals surface area contributed by atoms with Crippen molar-refractivity contribution in [3.05, 3.63) is 70.3 Å². The highest BCUT2D eigenvalue weighted by atomic mass is 16.5. The van der Waals surface area contributed by atoms with E-state index in [0.29, 0.717) is 25.1 Å². The zero-order chi connectivity index (χ0) is 18.6. The van der Waals surface area contributed by atoms with E-state index in [0.717, 1.165) is 29.9 Å². The molecule has 0 spiro atoms. The zero-order valence-corrected chi connectivity index (χ0v) is 14.8. The number of amides is 1. The quantitative estimate of drug-likeness (QED) is 0.736. The van der Waals surface area contributed by atoms with Crippen LogP contribution in [-0.2, 0) is 11.3 Å². The molecule has 0 unspecified atom stereocenters. The number of carbonyl (C=O) groups excluding carboxylic acids is 1. The number of aromatic nitrogens is 2. The number of hydrogen-bond acceptors (Lipinski definition) is 5. The summed E-state index contributed by atoms with van der Waals surface area (Å²) in [6.07, 6.45) is 1.75. The number of morpholine rings is 1. The first-order chi connectivity index (χ1) is 13.2. The molecule has 1 aliphatic heterocycles. The van der Waals surface area contributed by atoms with E-state index in [1.54, 1.807) is 24.4 Å². The van der Waals surface area contributed by atoms with Gasteiger partial charge in [-0.3, -0.25) is 9.59 Å². The van der Waals surface area contributed by atoms with Crippen LogP contribution >= 0.6 is 0 Å². The standard InChI is InChI=1S/C20H20N4O3/c25-19-16-6-2-1-4-14(16)12-17(23-19)20(26)22-13-15-5-3-7-21-18(15)24-8-10-27-11-9-24/h1-7,12H,8-11,13H2,(H,22,26)(H,23,25). The van der Waals surface area contributed by atoms with Gasteiger partial charge < -0.3 is 19.9 Å². The number of nitrogens with zero attached hydrogens (tertiary/aromatic N) is 2. The molecule has 3 heterocycles. The molecule has 138 valence electrons. The van der Waals surface area contributed by atoms with Crippen LogP contribution in [0.25, 0.3) is 10.8 Å². The monoisotopic (exact) mass is 364 g/mol. The molecule has 0 radical (unpaired) electrons. The molecular formula is C20H20N4O3. The smallest absolute Gasteiger partial charge is 0.268 e. The average Bonchev–Trinajstić information content (AvgIpc) is 2.73. The van der Waals surface area contributed by atoms with Crippen LogP contribution in [0.3, 0.4) is 0 Å². The Kier molecular flexibility index (Phi) is 4.84. The molecule has 0 aliphatic carbocycles. The Morgan fingerprint density at radius 2 is 2.00 bits per heavy atom. The van der Waals surface area contributed by atoms with Crippen LogP contribution in [-0.4, -0.2) is 42.2 Å². The average molecular weight is 364 g/mol. The summed E-state index contributed by atoms with van der Waals surface area (Å²) in [5, 5.41) is 4.18. The van der Waals surface area contributed by atoms with Gasteiger partial charge in [-0.05, 0) is 23.6 Å². The van der Waals surface area contributed by atoms with Crippen LogP contribution < -0.4 is 15.8 Å². The minimum absolute atomic E-state index is 0.246. The second-order valence-corrected chi connectivity index (χ2v) is 6.37. The Morgan fingerprint density at radius 1 is 1.19 bits per heavy atom. The molecule has 1 fully saturated rings. The van der Waals surface area contributed by atoms with Gasteiger partial charge in [0.05, 0.1) is 13.2 Å². The molecule has 0 atom stereocenters. The lowest BCUT2D eigenvalue weighted by molar-refractivity contribution is 0.0945. The lowest BCUT2D eigenvalue weighted by Crippen LogP contribution is -2.38. The van der Waals surface area contributed by atoms with E-state index in [-0.39, 0.29) is 17.2 Å². The third kappa shape index (κ3) is 3.68. The number of pyridine rings is 2. The summed E-state index contributed by atoms with van der Waals surface area (Å²) in [6.45, 7) is 3.21. The summed E-state index contributed by atoms with van der Waals surface area (Å²) in [5.41, 5.74) is 0.903. The van der Waals surface area contributed by atoms with Crippen molar-refractivity contribution in [3.8, 4) is 0 Å². The molecule has 4 rings (SSSR count). The van der Waals surface area contributed by atoms with Gasteiger partial charge in [-0.25, -0.2) is 4.98 Å². The van der Waals surface area contributed by atoms with Crippen molar-refractivity contribution < 1.29 is 9.53 Å². The fourth-order valence-corrected chi connectivity index (χ4v) is 3.23. The third-order valence-corrected chi connectivity index (χ3v) is 4.62. The number of carbonyl (C=O) groups is 1. The molecule has 1 aliphatic rings. The SMILES string of the molecule is O=C(NCc1cccnc1N1CCOCC1)c1cc2ccccc2c(=O)[nH]1. The minimum atomic E-state index is -0.324. The molecule has 3 aromatic rings. The second-order valence-electron chi connectivity index (χ2n) is 6.37. The maximum absolute atomic E-state index is 12.6. The number of ether oxygens (including phenoxy) is 1. The first-order valence-electron chi connectivity index (χ1n) is 8.89. The fourth-order valence-electron chi connectivity index (χ4n) is 3.23. The van der Waals surface area contributed by atoms with Crippen LogP contribution in [0.1, 0.15) is 16.1 Å². The number of nitrogens with one attached hydrogen (secondary N) is 2. The van der Waals surface area contributed by atoms with Crippen LogP contribution in [0.2, 0.25) is 0 Å². The first-order valence-corrected chi connectivity index (χ1v) is 8.89. The molecule has 1 aromatic carbocycles. The van der Waals surface area contributed by atoms with Crippen molar-refractivity contribution in [3.63, 3.8) is 0 Å². The van der Waals surface area contributed by atoms with Crippen molar-refractivity contribution in [2.24, 2.45) is 0 Å². The summed E-state index contributed by atoms with van der Waals surface area (Å²) >= 11 is 0. The maximum atomic E-state index is 12.6. The summed E-state index contributed by atoms with van der Waals surface area (Å²) in [4.78, 5) is 34.0. The number of rotatable bonds is 4. The molecule has 1 saturated heterocycles. The summed E-state index contributed by atoms with van der Waals surface area (Å²) in [7, 11) is 0. The van der Waals surface area contributed by atoms with E-state index < -0.39 is 0 Å². The van der Waals surface area contributed by atoms with Gasteiger partial charge in [-0.1, -0.05) is 24.3 Å². The Hall–Kier alpha value is -3.19. The molecule has 27 heavy (non-hydrogen) atoms. The van der Waals surface area contributed by atoms with Gasteiger partial charge in [0.1, 0.15) is 11.5 Å². The number of aromatic amines is 1. The molecule has 7 nitrogen and oxygen atoms in total. The number of fused-ring (bicyclic) bond motifs is 1. The Morgan fingerprint density at radius 3 is 2.85 bits per heavy atom. The molecule has 2 N–H and O–H groups in total. The molecule has 2 aromatic heterocycles. The lowest BCUT2D eigenvalue weighted by atomic mass is 10.1. The van der Waals surface area contributed by atoms with Crippen LogP contribution in [0, 0.1) is 0 Å². The van der Waals surface area contributed by atoms with Crippen molar-refractivity contribution in [2.45, 2.75) is 6.54 Å². The van der Waals surface area contributed by atoms with Gasteiger partial charge in [-0.15, -0.1) is 0 Å². The largest absolute Gasteiger partial charge is 0.378 e. The van der Waals surface area contributed by atoms with Crippen molar-refractivity contribution in [1.82, 2.24) is 15.3 Å². The highest BCUT2D eigenvalue weighted by Crippen LogP contribution is 2.18. The molecule has 0 bridgehead atoms. The Bertz CT molecular complexity index is 1020. The van der Waals surface area contributed by atoms with Gasteiger partial charge in [0.15, 0.2) is 0 Å². The number of H-pyrrole nitrogens is 1.